The predicted molar refractivity (Wildman–Crippen MR) is 149 cm³/mol. The van der Waals surface area contributed by atoms with Gasteiger partial charge in [0.1, 0.15) is 12.7 Å². The molecule has 0 aliphatic carbocycles. The molecule has 2 atom stereocenters. The molecule has 2 rings (SSSR count). The number of halogens is 2. The van der Waals surface area contributed by atoms with Gasteiger partial charge in [0.25, 0.3) is 5.91 Å². The largest absolute Gasteiger partial charge is 0.370 e. The van der Waals surface area contributed by atoms with E-state index in [1.807, 2.05) is 0 Å². The molecule has 1 aliphatic heterocycles. The van der Waals surface area contributed by atoms with Crippen LogP contribution in [0.4, 0.5) is 4.39 Å². The molecule has 10 nitrogen and oxygen atoms in total. The van der Waals surface area contributed by atoms with Gasteiger partial charge in [0.15, 0.2) is 11.7 Å². The van der Waals surface area contributed by atoms with Gasteiger partial charge in [-0.1, -0.05) is 36.7 Å². The zero-order valence-electron chi connectivity index (χ0n) is 22.3. The third kappa shape index (κ3) is 12.5. The van der Waals surface area contributed by atoms with E-state index in [-0.39, 0.29) is 25.5 Å². The second-order valence-corrected chi connectivity index (χ2v) is 10.5. The lowest BCUT2D eigenvalue weighted by Gasteiger charge is -2.35. The average molecular weight is 600 g/mol. The molecule has 3 amide bonds. The van der Waals surface area contributed by atoms with Crippen LogP contribution in [-0.4, -0.2) is 72.8 Å². The number of Topliss-reactive ketones (excluding diaryl/α,β-unsaturated/α-hetero) is 1. The Labute approximate surface area is 232 Å². The van der Waals surface area contributed by atoms with Crippen molar-refractivity contribution in [3.05, 3.63) is 34.3 Å². The van der Waals surface area contributed by atoms with E-state index in [0.717, 1.165) is 16.8 Å². The van der Waals surface area contributed by atoms with Gasteiger partial charge in [-0.15, -0.1) is 0 Å². The molecule has 0 radical (unpaired) electrons. The molecule has 1 aromatic carbocycles. The number of guanidine groups is 1. The highest BCUT2D eigenvalue weighted by Gasteiger charge is 2.34. The number of piperidine rings is 1. The summed E-state index contributed by atoms with van der Waals surface area (Å²) >= 11 is 3.29. The van der Waals surface area contributed by atoms with E-state index < -0.39 is 42.3 Å². The van der Waals surface area contributed by atoms with Crippen LogP contribution in [0.1, 0.15) is 63.2 Å². The second kappa shape index (κ2) is 17.5. The van der Waals surface area contributed by atoms with E-state index in [4.69, 9.17) is 11.5 Å². The minimum absolute atomic E-state index is 0.0963. The maximum atomic E-state index is 13.0. The number of aliphatic imine (C=N–C) groups is 1. The highest BCUT2D eigenvalue weighted by Crippen LogP contribution is 2.18. The van der Waals surface area contributed by atoms with Crippen molar-refractivity contribution < 1.29 is 23.6 Å². The fourth-order valence-electron chi connectivity index (χ4n) is 3.64. The van der Waals surface area contributed by atoms with E-state index in [1.165, 1.54) is 4.90 Å². The first-order valence-corrected chi connectivity index (χ1v) is 13.5. The molecule has 0 saturated carbocycles. The number of rotatable bonds is 11. The van der Waals surface area contributed by atoms with Crippen LogP contribution in [0.3, 0.4) is 0 Å². The number of amides is 3. The Balaban J connectivity index is 0.00000168. The molecule has 6 N–H and O–H groups in total. The zero-order chi connectivity index (χ0) is 28.7. The van der Waals surface area contributed by atoms with Crippen molar-refractivity contribution in [1.29, 1.82) is 0 Å². The molecular formula is C26H40BrFN6O4. The summed E-state index contributed by atoms with van der Waals surface area (Å²) in [4.78, 5) is 55.3. The molecule has 1 aliphatic rings. The summed E-state index contributed by atoms with van der Waals surface area (Å²) in [6.45, 7) is 5.59. The molecule has 12 heteroatoms. The Morgan fingerprint density at radius 1 is 1.13 bits per heavy atom. The topological polar surface area (TPSA) is 160 Å². The lowest BCUT2D eigenvalue weighted by Crippen LogP contribution is -2.56. The van der Waals surface area contributed by atoms with E-state index in [0.29, 0.717) is 31.4 Å². The summed E-state index contributed by atoms with van der Waals surface area (Å²) in [5.74, 6) is -1.37. The van der Waals surface area contributed by atoms with Crippen LogP contribution in [0.25, 0.3) is 0 Å². The third-order valence-corrected chi connectivity index (χ3v) is 5.94. The van der Waals surface area contributed by atoms with E-state index in [2.05, 4.69) is 52.3 Å². The van der Waals surface area contributed by atoms with Crippen LogP contribution in [0.2, 0.25) is 0 Å². The Bertz CT molecular complexity index is 951. The van der Waals surface area contributed by atoms with Gasteiger partial charge in [0.2, 0.25) is 11.8 Å². The van der Waals surface area contributed by atoms with Crippen molar-refractivity contribution in [2.75, 3.05) is 26.3 Å². The van der Waals surface area contributed by atoms with Crippen molar-refractivity contribution in [3.63, 3.8) is 0 Å². The molecule has 0 bridgehead atoms. The van der Waals surface area contributed by atoms with Crippen LogP contribution >= 0.6 is 15.9 Å². The molecule has 1 aromatic rings. The van der Waals surface area contributed by atoms with Gasteiger partial charge in [-0.05, 0) is 62.3 Å². The molecule has 38 heavy (non-hydrogen) atoms. The minimum atomic E-state index is -1.22. The summed E-state index contributed by atoms with van der Waals surface area (Å²) in [5, 5.41) is 5.15. The van der Waals surface area contributed by atoms with Gasteiger partial charge < -0.3 is 27.0 Å². The Morgan fingerprint density at radius 2 is 1.76 bits per heavy atom. The van der Waals surface area contributed by atoms with Crippen molar-refractivity contribution in [3.8, 4) is 0 Å². The zero-order valence-corrected chi connectivity index (χ0v) is 23.9. The first kappa shape index (κ1) is 33.0. The number of hydrogen-bond donors (Lipinski definition) is 4. The van der Waals surface area contributed by atoms with E-state index in [9.17, 15) is 23.6 Å². The number of carbonyl (C=O) groups excluding carboxylic acids is 4. The van der Waals surface area contributed by atoms with Gasteiger partial charge in [-0.2, -0.15) is 0 Å². The standard InChI is InChI=1S/C22H30BrFN6O4.C4H10/c23-15-8-6-14(7-9-15)20(33)28-13-19(32)30-11-2-1-5-17(30)21(34)29-16(18(31)12-24)4-3-10-27-22(25)26;1-4(2)3/h6-9,16-17H,1-5,10-13H2,(H,28,33)(H,29,34)(H4,25,26,27);4H,1-3H3/t16-,17-;/m0./s1. The van der Waals surface area contributed by atoms with Crippen molar-refractivity contribution in [2.45, 2.75) is 65.0 Å². The molecule has 1 heterocycles. The summed E-state index contributed by atoms with van der Waals surface area (Å²) in [6, 6.07) is 4.83. The fraction of sp³-hybridized carbons (Fsp3) is 0.577. The van der Waals surface area contributed by atoms with Crippen LogP contribution in [0.5, 0.6) is 0 Å². The first-order valence-electron chi connectivity index (χ1n) is 12.7. The molecular weight excluding hydrogens is 559 g/mol. The molecule has 0 spiro atoms. The normalized spacial score (nSPS) is 15.5. The average Bonchev–Trinajstić information content (AvgIpc) is 2.88. The Hall–Kier alpha value is -3.02. The fourth-order valence-corrected chi connectivity index (χ4v) is 3.91. The van der Waals surface area contributed by atoms with E-state index >= 15 is 0 Å². The minimum Gasteiger partial charge on any atom is -0.370 e. The third-order valence-electron chi connectivity index (χ3n) is 5.41. The highest BCUT2D eigenvalue weighted by atomic mass is 79.9. The van der Waals surface area contributed by atoms with Crippen LogP contribution in [0.15, 0.2) is 33.7 Å². The number of hydrogen-bond acceptors (Lipinski definition) is 5. The van der Waals surface area contributed by atoms with Gasteiger partial charge in [0.05, 0.1) is 12.6 Å². The van der Waals surface area contributed by atoms with Gasteiger partial charge in [-0.3, -0.25) is 24.2 Å². The smallest absolute Gasteiger partial charge is 0.251 e. The maximum absolute atomic E-state index is 13.0. The second-order valence-electron chi connectivity index (χ2n) is 9.63. The number of nitrogens with zero attached hydrogens (tertiary/aromatic N) is 2. The summed E-state index contributed by atoms with van der Waals surface area (Å²) < 4.78 is 13.9. The van der Waals surface area contributed by atoms with Crippen molar-refractivity contribution in [1.82, 2.24) is 15.5 Å². The molecule has 0 unspecified atom stereocenters. The quantitative estimate of drug-likeness (QED) is 0.174. The summed E-state index contributed by atoms with van der Waals surface area (Å²) in [7, 11) is 0. The van der Waals surface area contributed by atoms with Crippen LogP contribution < -0.4 is 22.1 Å². The summed E-state index contributed by atoms with van der Waals surface area (Å²) in [6.07, 6.45) is 2.36. The van der Waals surface area contributed by atoms with Crippen LogP contribution in [-0.2, 0) is 14.4 Å². The van der Waals surface area contributed by atoms with Crippen molar-refractivity contribution in [2.24, 2.45) is 22.4 Å². The SMILES string of the molecule is CC(C)C.NC(N)=NCCC[C@H](NC(=O)[C@@H]1CCCCN1C(=O)CNC(=O)c1ccc(Br)cc1)C(=O)CF. The van der Waals surface area contributed by atoms with Gasteiger partial charge in [0, 0.05) is 23.1 Å². The summed E-state index contributed by atoms with van der Waals surface area (Å²) in [5.41, 5.74) is 10.9. The number of ketones is 1. The maximum Gasteiger partial charge on any atom is 0.251 e. The first-order chi connectivity index (χ1) is 18.0. The highest BCUT2D eigenvalue weighted by molar-refractivity contribution is 9.10. The Morgan fingerprint density at radius 3 is 2.34 bits per heavy atom. The number of alkyl halides is 1. The molecule has 1 fully saturated rings. The lowest BCUT2D eigenvalue weighted by atomic mass is 9.99. The number of carbonyl (C=O) groups is 4. The number of nitrogens with two attached hydrogens (primary N) is 2. The van der Waals surface area contributed by atoms with E-state index in [1.54, 1.807) is 24.3 Å². The number of benzene rings is 1. The molecule has 0 aromatic heterocycles. The number of likely N-dealkylation sites (tertiary alicyclic amines) is 1. The van der Waals surface area contributed by atoms with Gasteiger partial charge >= 0.3 is 0 Å². The lowest BCUT2D eigenvalue weighted by molar-refractivity contribution is -0.142. The molecule has 1 saturated heterocycles. The van der Waals surface area contributed by atoms with Crippen molar-refractivity contribution >= 4 is 45.4 Å². The Kier molecular flexibility index (Phi) is 15.2. The monoisotopic (exact) mass is 598 g/mol. The number of nitrogens with one attached hydrogen (secondary N) is 2. The molecule has 212 valence electrons. The van der Waals surface area contributed by atoms with Gasteiger partial charge in [-0.25, -0.2) is 4.39 Å². The predicted octanol–water partition coefficient (Wildman–Crippen LogP) is 2.30. The van der Waals surface area contributed by atoms with Crippen LogP contribution in [0, 0.1) is 5.92 Å².